The van der Waals surface area contributed by atoms with Crippen LogP contribution in [0.4, 0.5) is 0 Å². The molecule has 2 rings (SSSR count). The number of benzene rings is 2. The molecule has 2 aromatic rings. The third-order valence-corrected chi connectivity index (χ3v) is 5.57. The van der Waals surface area contributed by atoms with Gasteiger partial charge in [0, 0.05) is 36.2 Å². The van der Waals surface area contributed by atoms with Crippen LogP contribution in [0.3, 0.4) is 0 Å². The number of aliphatic hydroxyl groups is 2. The molecule has 33 heavy (non-hydrogen) atoms. The number of hydroxylamine groups is 1. The molecule has 0 radical (unpaired) electrons. The summed E-state index contributed by atoms with van der Waals surface area (Å²) in [5, 5.41) is 28.0. The maximum atomic E-state index is 12.7. The molecule has 0 fully saturated rings. The molecule has 8 nitrogen and oxygen atoms in total. The third-order valence-electron chi connectivity index (χ3n) is 5.32. The number of rotatable bonds is 13. The molecule has 0 spiro atoms. The number of carbonyl (C=O) groups excluding carboxylic acids is 2. The highest BCUT2D eigenvalue weighted by molar-refractivity contribution is 6.30. The maximum absolute atomic E-state index is 12.7. The molecular weight excluding hydrogens is 448 g/mol. The summed E-state index contributed by atoms with van der Waals surface area (Å²) >= 11 is 6.01. The zero-order valence-corrected chi connectivity index (χ0v) is 19.4. The van der Waals surface area contributed by atoms with E-state index in [0.29, 0.717) is 23.6 Å². The van der Waals surface area contributed by atoms with Gasteiger partial charge >= 0.3 is 0 Å². The second-order valence-electron chi connectivity index (χ2n) is 7.53. The molecule has 0 saturated carbocycles. The minimum Gasteiger partial charge on any atom is -0.395 e. The van der Waals surface area contributed by atoms with Crippen LogP contribution < -0.4 is 5.48 Å². The number of ether oxygens (including phenoxy) is 1. The minimum atomic E-state index is -0.551. The molecule has 0 aliphatic heterocycles. The van der Waals surface area contributed by atoms with Crippen molar-refractivity contribution in [3.8, 4) is 0 Å². The van der Waals surface area contributed by atoms with Gasteiger partial charge in [-0.2, -0.15) is 0 Å². The summed E-state index contributed by atoms with van der Waals surface area (Å²) in [4.78, 5) is 26.0. The van der Waals surface area contributed by atoms with Gasteiger partial charge in [-0.15, -0.1) is 0 Å². The summed E-state index contributed by atoms with van der Waals surface area (Å²) in [6, 6.07) is 14.4. The van der Waals surface area contributed by atoms with Crippen LogP contribution in [-0.4, -0.2) is 71.1 Å². The molecule has 4 N–H and O–H groups in total. The highest BCUT2D eigenvalue weighted by Crippen LogP contribution is 2.29. The van der Waals surface area contributed by atoms with Crippen LogP contribution >= 0.6 is 11.6 Å². The highest BCUT2D eigenvalue weighted by Gasteiger charge is 2.27. The summed E-state index contributed by atoms with van der Waals surface area (Å²) < 4.78 is 5.88. The summed E-state index contributed by atoms with van der Waals surface area (Å²) in [6.07, 6.45) is -0.00127. The molecule has 180 valence electrons. The Bertz CT molecular complexity index is 870. The summed E-state index contributed by atoms with van der Waals surface area (Å²) in [7, 11) is 0. The van der Waals surface area contributed by atoms with Gasteiger partial charge in [-0.3, -0.25) is 14.8 Å². The molecule has 0 aromatic heterocycles. The first-order chi connectivity index (χ1) is 15.9. The topological polar surface area (TPSA) is 119 Å². The molecule has 0 aliphatic rings. The van der Waals surface area contributed by atoms with E-state index >= 15 is 0 Å². The van der Waals surface area contributed by atoms with Crippen LogP contribution in [0, 0.1) is 0 Å². The molecule has 2 amide bonds. The zero-order chi connectivity index (χ0) is 24.2. The molecule has 0 bridgehead atoms. The lowest BCUT2D eigenvalue weighted by Gasteiger charge is -2.28. The Labute approximate surface area is 198 Å². The average Bonchev–Trinajstić information content (AvgIpc) is 2.83. The van der Waals surface area contributed by atoms with Gasteiger partial charge in [0.2, 0.25) is 5.91 Å². The third kappa shape index (κ3) is 8.10. The number of nitrogens with zero attached hydrogens (tertiary/aromatic N) is 1. The van der Waals surface area contributed by atoms with E-state index in [2.05, 4.69) is 0 Å². The largest absolute Gasteiger partial charge is 0.395 e. The van der Waals surface area contributed by atoms with Crippen LogP contribution in [-0.2, 0) is 16.0 Å². The number of carbonyl (C=O) groups is 2. The van der Waals surface area contributed by atoms with Crippen molar-refractivity contribution in [3.05, 3.63) is 70.2 Å². The quantitative estimate of drug-likeness (QED) is 0.259. The fourth-order valence-corrected chi connectivity index (χ4v) is 3.84. The van der Waals surface area contributed by atoms with E-state index in [1.54, 1.807) is 29.7 Å². The predicted octanol–water partition coefficient (Wildman–Crippen LogP) is 2.39. The van der Waals surface area contributed by atoms with Gasteiger partial charge < -0.3 is 19.8 Å². The van der Waals surface area contributed by atoms with Crippen LogP contribution in [0.25, 0.3) is 0 Å². The van der Waals surface area contributed by atoms with Crippen molar-refractivity contribution in [2.75, 3.05) is 32.9 Å². The van der Waals surface area contributed by atoms with Crippen molar-refractivity contribution in [2.24, 2.45) is 0 Å². The molecule has 0 aliphatic carbocycles. The van der Waals surface area contributed by atoms with Crippen molar-refractivity contribution < 1.29 is 29.7 Å². The van der Waals surface area contributed by atoms with Crippen molar-refractivity contribution in [1.82, 2.24) is 10.4 Å². The Kier molecular flexibility index (Phi) is 11.3. The molecule has 2 atom stereocenters. The monoisotopic (exact) mass is 478 g/mol. The molecule has 0 heterocycles. The van der Waals surface area contributed by atoms with E-state index in [0.717, 1.165) is 11.1 Å². The summed E-state index contributed by atoms with van der Waals surface area (Å²) in [6.45, 7) is 2.08. The minimum absolute atomic E-state index is 0.0376. The van der Waals surface area contributed by atoms with E-state index in [1.807, 2.05) is 31.2 Å². The smallest absolute Gasteiger partial charge is 0.254 e. The zero-order valence-electron chi connectivity index (χ0n) is 18.6. The van der Waals surface area contributed by atoms with Gasteiger partial charge in [0.15, 0.2) is 0 Å². The standard InChI is InChI=1S/C24H31ClN2O6/c1-2-33-22(16-23(30)26-32)21(15-17-3-9-20(25)10-4-17)18-5-7-19(8-6-18)24(31)27(11-13-28)12-14-29/h3-10,21-22,28-29,32H,2,11-16H2,1H3,(H,26,30)/t21-,22-/m1/s1. The van der Waals surface area contributed by atoms with E-state index < -0.39 is 12.0 Å². The number of nitrogens with one attached hydrogen (secondary N) is 1. The Morgan fingerprint density at radius 3 is 2.15 bits per heavy atom. The van der Waals surface area contributed by atoms with Crippen LogP contribution in [0.15, 0.2) is 48.5 Å². The first-order valence-electron chi connectivity index (χ1n) is 10.8. The van der Waals surface area contributed by atoms with E-state index in [4.69, 9.17) is 21.5 Å². The lowest BCUT2D eigenvalue weighted by molar-refractivity contribution is -0.132. The van der Waals surface area contributed by atoms with Crippen LogP contribution in [0.2, 0.25) is 5.02 Å². The Balaban J connectivity index is 2.35. The average molecular weight is 479 g/mol. The van der Waals surface area contributed by atoms with Crippen molar-refractivity contribution in [2.45, 2.75) is 31.8 Å². The Morgan fingerprint density at radius 1 is 1.03 bits per heavy atom. The van der Waals surface area contributed by atoms with Crippen molar-refractivity contribution in [3.63, 3.8) is 0 Å². The van der Waals surface area contributed by atoms with Gasteiger partial charge in [-0.25, -0.2) is 5.48 Å². The fraction of sp³-hybridized carbons (Fsp3) is 0.417. The molecule has 0 unspecified atom stereocenters. The Hall–Kier alpha value is -2.49. The number of hydrogen-bond donors (Lipinski definition) is 4. The van der Waals surface area contributed by atoms with Gasteiger partial charge in [0.1, 0.15) is 0 Å². The van der Waals surface area contributed by atoms with E-state index in [1.165, 1.54) is 4.90 Å². The lowest BCUT2D eigenvalue weighted by atomic mass is 9.85. The molecule has 0 saturated heterocycles. The maximum Gasteiger partial charge on any atom is 0.254 e. The predicted molar refractivity (Wildman–Crippen MR) is 124 cm³/mol. The Morgan fingerprint density at radius 2 is 1.64 bits per heavy atom. The summed E-state index contributed by atoms with van der Waals surface area (Å²) in [5.41, 5.74) is 3.95. The van der Waals surface area contributed by atoms with Crippen LogP contribution in [0.5, 0.6) is 0 Å². The second kappa shape index (κ2) is 13.9. The fourth-order valence-electron chi connectivity index (χ4n) is 3.71. The van der Waals surface area contributed by atoms with Gasteiger partial charge in [0.25, 0.3) is 5.91 Å². The van der Waals surface area contributed by atoms with Crippen molar-refractivity contribution >= 4 is 23.4 Å². The first kappa shape index (κ1) is 26.8. The van der Waals surface area contributed by atoms with E-state index in [9.17, 15) is 19.8 Å². The number of halogens is 1. The summed E-state index contributed by atoms with van der Waals surface area (Å²) in [5.74, 6) is -1.08. The van der Waals surface area contributed by atoms with Gasteiger partial charge in [0.05, 0.1) is 25.7 Å². The molecular formula is C24H31ClN2O6. The van der Waals surface area contributed by atoms with Crippen LogP contribution in [0.1, 0.15) is 40.7 Å². The number of amides is 2. The number of hydrogen-bond acceptors (Lipinski definition) is 6. The molecule has 2 aromatic carbocycles. The van der Waals surface area contributed by atoms with Crippen molar-refractivity contribution in [1.29, 1.82) is 0 Å². The van der Waals surface area contributed by atoms with Gasteiger partial charge in [-0.05, 0) is 48.7 Å². The number of aliphatic hydroxyl groups excluding tert-OH is 2. The second-order valence-corrected chi connectivity index (χ2v) is 7.97. The lowest BCUT2D eigenvalue weighted by Crippen LogP contribution is -2.36. The SMILES string of the molecule is CCO[C@H](CC(=O)NO)[C@H](Cc1ccc(Cl)cc1)c1ccc(C(=O)N(CCO)CCO)cc1. The normalized spacial score (nSPS) is 12.8. The molecule has 9 heteroatoms. The first-order valence-corrected chi connectivity index (χ1v) is 11.2. The van der Waals surface area contributed by atoms with E-state index in [-0.39, 0.29) is 44.5 Å². The highest BCUT2D eigenvalue weighted by atomic mass is 35.5. The van der Waals surface area contributed by atoms with Gasteiger partial charge in [-0.1, -0.05) is 35.9 Å².